The molecule has 0 unspecified atom stereocenters. The van der Waals surface area contributed by atoms with Crippen LogP contribution in [-0.2, 0) is 16.6 Å². The van der Waals surface area contributed by atoms with Crippen molar-refractivity contribution in [3.63, 3.8) is 0 Å². The van der Waals surface area contributed by atoms with E-state index in [0.717, 1.165) is 12.1 Å². The summed E-state index contributed by atoms with van der Waals surface area (Å²) in [7, 11) is -3.14. The molecule has 0 fully saturated rings. The van der Waals surface area contributed by atoms with E-state index >= 15 is 0 Å². The van der Waals surface area contributed by atoms with Crippen molar-refractivity contribution in [3.8, 4) is 0 Å². The molecule has 0 saturated heterocycles. The largest absolute Gasteiger partial charge is 0.357 e. The van der Waals surface area contributed by atoms with Gasteiger partial charge >= 0.3 is 0 Å². The number of benzene rings is 1. The van der Waals surface area contributed by atoms with Gasteiger partial charge < -0.3 is 10.6 Å². The average molecular weight is 454 g/mol. The Balaban J connectivity index is 0.00000484. The van der Waals surface area contributed by atoms with E-state index in [0.29, 0.717) is 25.6 Å². The van der Waals surface area contributed by atoms with Crippen LogP contribution in [0.1, 0.15) is 25.0 Å². The van der Waals surface area contributed by atoms with Gasteiger partial charge in [-0.3, -0.25) is 0 Å². The van der Waals surface area contributed by atoms with Crippen molar-refractivity contribution in [2.45, 2.75) is 27.3 Å². The molecule has 0 saturated carbocycles. The third kappa shape index (κ3) is 9.77. The van der Waals surface area contributed by atoms with Gasteiger partial charge in [-0.1, -0.05) is 29.8 Å². The van der Waals surface area contributed by atoms with Crippen molar-refractivity contribution < 1.29 is 8.42 Å². The first-order valence-electron chi connectivity index (χ1n) is 7.52. The SMILES string of the molecule is CCNC(=NCc1cccc(C)c1)NCCNS(=O)(=O)CC.I. The molecule has 0 heterocycles. The molecule has 1 aromatic rings. The zero-order valence-corrected chi connectivity index (χ0v) is 17.1. The van der Waals surface area contributed by atoms with E-state index in [-0.39, 0.29) is 29.7 Å². The summed E-state index contributed by atoms with van der Waals surface area (Å²) in [4.78, 5) is 4.50. The smallest absolute Gasteiger partial charge is 0.211 e. The highest BCUT2D eigenvalue weighted by Gasteiger charge is 2.05. The van der Waals surface area contributed by atoms with E-state index in [1.54, 1.807) is 6.92 Å². The maximum absolute atomic E-state index is 11.3. The molecule has 0 amide bonds. The van der Waals surface area contributed by atoms with Gasteiger partial charge in [0, 0.05) is 19.6 Å². The van der Waals surface area contributed by atoms with Gasteiger partial charge in [0.15, 0.2) is 5.96 Å². The van der Waals surface area contributed by atoms with Crippen LogP contribution in [0, 0.1) is 6.92 Å². The summed E-state index contributed by atoms with van der Waals surface area (Å²) in [6.07, 6.45) is 0. The number of aliphatic imine (C=N–C) groups is 1. The number of aryl methyl sites for hydroxylation is 1. The molecule has 23 heavy (non-hydrogen) atoms. The predicted octanol–water partition coefficient (Wildman–Crippen LogP) is 1.61. The van der Waals surface area contributed by atoms with Crippen molar-refractivity contribution in [1.29, 1.82) is 0 Å². The summed E-state index contributed by atoms with van der Waals surface area (Å²) in [5.74, 6) is 0.772. The summed E-state index contributed by atoms with van der Waals surface area (Å²) in [5.41, 5.74) is 2.35. The first-order chi connectivity index (χ1) is 10.5. The fourth-order valence-electron chi connectivity index (χ4n) is 1.81. The molecule has 0 aromatic heterocycles. The monoisotopic (exact) mass is 454 g/mol. The lowest BCUT2D eigenvalue weighted by atomic mass is 10.1. The van der Waals surface area contributed by atoms with E-state index in [1.165, 1.54) is 5.56 Å². The second-order valence-electron chi connectivity index (χ2n) is 4.91. The van der Waals surface area contributed by atoms with Gasteiger partial charge in [0.2, 0.25) is 10.0 Å². The van der Waals surface area contributed by atoms with Crippen molar-refractivity contribution in [1.82, 2.24) is 15.4 Å². The minimum atomic E-state index is -3.14. The molecule has 6 nitrogen and oxygen atoms in total. The number of rotatable bonds is 8. The topological polar surface area (TPSA) is 82.6 Å². The molecule has 0 spiro atoms. The molecule has 1 rings (SSSR count). The van der Waals surface area contributed by atoms with Crippen LogP contribution < -0.4 is 15.4 Å². The van der Waals surface area contributed by atoms with Crippen LogP contribution in [-0.4, -0.2) is 39.8 Å². The Kier molecular flexibility index (Phi) is 11.2. The number of sulfonamides is 1. The lowest BCUT2D eigenvalue weighted by molar-refractivity contribution is 0.582. The zero-order valence-electron chi connectivity index (χ0n) is 13.9. The maximum atomic E-state index is 11.3. The highest BCUT2D eigenvalue weighted by Crippen LogP contribution is 2.04. The predicted molar refractivity (Wildman–Crippen MR) is 107 cm³/mol. The molecule has 8 heteroatoms. The van der Waals surface area contributed by atoms with Crippen LogP contribution in [0.4, 0.5) is 0 Å². The highest BCUT2D eigenvalue weighted by molar-refractivity contribution is 14.0. The van der Waals surface area contributed by atoms with Gasteiger partial charge in [-0.25, -0.2) is 18.1 Å². The zero-order chi connectivity index (χ0) is 16.4. The molecule has 132 valence electrons. The van der Waals surface area contributed by atoms with Crippen LogP contribution in [0.25, 0.3) is 0 Å². The molecule has 0 aliphatic rings. The Morgan fingerprint density at radius 3 is 2.52 bits per heavy atom. The number of nitrogens with zero attached hydrogens (tertiary/aromatic N) is 1. The summed E-state index contributed by atoms with van der Waals surface area (Å²) >= 11 is 0. The second kappa shape index (κ2) is 11.6. The van der Waals surface area contributed by atoms with E-state index < -0.39 is 10.0 Å². The fourth-order valence-corrected chi connectivity index (χ4v) is 2.43. The van der Waals surface area contributed by atoms with Crippen molar-refractivity contribution in [3.05, 3.63) is 35.4 Å². The standard InChI is InChI=1S/C15H26N4O2S.HI/c1-4-16-15(17-9-10-19-22(20,21)5-2)18-12-14-8-6-7-13(3)11-14;/h6-8,11,19H,4-5,9-10,12H2,1-3H3,(H2,16,17,18);1H. The van der Waals surface area contributed by atoms with Crippen molar-refractivity contribution >= 4 is 40.0 Å². The minimum absolute atomic E-state index is 0. The number of guanidine groups is 1. The average Bonchev–Trinajstić information content (AvgIpc) is 2.49. The van der Waals surface area contributed by atoms with Gasteiger partial charge in [0.1, 0.15) is 0 Å². The molecule has 3 N–H and O–H groups in total. The van der Waals surface area contributed by atoms with Gasteiger partial charge in [-0.15, -0.1) is 24.0 Å². The quantitative estimate of drug-likeness (QED) is 0.241. The Labute approximate surface area is 156 Å². The summed E-state index contributed by atoms with van der Waals surface area (Å²) in [6, 6.07) is 8.20. The molecule has 0 bridgehead atoms. The number of hydrogen-bond acceptors (Lipinski definition) is 3. The summed E-state index contributed by atoms with van der Waals surface area (Å²) in [6.45, 7) is 7.81. The first-order valence-corrected chi connectivity index (χ1v) is 9.17. The van der Waals surface area contributed by atoms with Gasteiger partial charge in [0.05, 0.1) is 12.3 Å². The molecular weight excluding hydrogens is 427 g/mol. The third-order valence-electron chi connectivity index (χ3n) is 2.97. The third-order valence-corrected chi connectivity index (χ3v) is 4.37. The van der Waals surface area contributed by atoms with Gasteiger partial charge in [-0.05, 0) is 26.3 Å². The fraction of sp³-hybridized carbons (Fsp3) is 0.533. The number of nitrogens with one attached hydrogen (secondary N) is 3. The molecule has 0 aliphatic carbocycles. The minimum Gasteiger partial charge on any atom is -0.357 e. The summed E-state index contributed by atoms with van der Waals surface area (Å²) < 4.78 is 25.2. The number of hydrogen-bond donors (Lipinski definition) is 3. The van der Waals surface area contributed by atoms with E-state index in [9.17, 15) is 8.42 Å². The van der Waals surface area contributed by atoms with E-state index in [1.807, 2.05) is 19.1 Å². The van der Waals surface area contributed by atoms with Gasteiger partial charge in [-0.2, -0.15) is 0 Å². The van der Waals surface area contributed by atoms with Crippen molar-refractivity contribution in [2.75, 3.05) is 25.4 Å². The van der Waals surface area contributed by atoms with Crippen LogP contribution in [0.3, 0.4) is 0 Å². The maximum Gasteiger partial charge on any atom is 0.211 e. The molecule has 1 aromatic carbocycles. The van der Waals surface area contributed by atoms with E-state index in [4.69, 9.17) is 0 Å². The Morgan fingerprint density at radius 1 is 1.17 bits per heavy atom. The van der Waals surface area contributed by atoms with Crippen molar-refractivity contribution in [2.24, 2.45) is 4.99 Å². The van der Waals surface area contributed by atoms with Gasteiger partial charge in [0.25, 0.3) is 0 Å². The Morgan fingerprint density at radius 2 is 1.91 bits per heavy atom. The Bertz CT molecular complexity index is 591. The van der Waals surface area contributed by atoms with Crippen LogP contribution in [0.2, 0.25) is 0 Å². The van der Waals surface area contributed by atoms with E-state index in [2.05, 4.69) is 39.4 Å². The Hall–Kier alpha value is -0.870. The molecule has 0 radical (unpaired) electrons. The molecule has 0 aliphatic heterocycles. The normalized spacial score (nSPS) is 11.7. The molecule has 0 atom stereocenters. The van der Waals surface area contributed by atoms with Crippen LogP contribution in [0.15, 0.2) is 29.3 Å². The summed E-state index contributed by atoms with van der Waals surface area (Å²) in [5, 5.41) is 6.25. The molecular formula is C15H27IN4O2S. The lowest BCUT2D eigenvalue weighted by Crippen LogP contribution is -2.41. The second-order valence-corrected chi connectivity index (χ2v) is 7.00. The first kappa shape index (κ1) is 22.1. The number of halogens is 1. The lowest BCUT2D eigenvalue weighted by Gasteiger charge is -2.12. The van der Waals surface area contributed by atoms with Crippen LogP contribution in [0.5, 0.6) is 0 Å². The van der Waals surface area contributed by atoms with Crippen LogP contribution >= 0.6 is 24.0 Å². The highest BCUT2D eigenvalue weighted by atomic mass is 127.